The molecule has 0 spiro atoms. The van der Waals surface area contributed by atoms with Gasteiger partial charge in [-0.25, -0.2) is 0 Å². The molecule has 0 atom stereocenters. The van der Waals surface area contributed by atoms with Crippen LogP contribution in [0.5, 0.6) is 0 Å². The second-order valence-electron chi connectivity index (χ2n) is 2.05. The van der Waals surface area contributed by atoms with Gasteiger partial charge in [0, 0.05) is 11.6 Å². The highest BCUT2D eigenvalue weighted by molar-refractivity contribution is 6.31. The Morgan fingerprint density at radius 3 is 3.10 bits per heavy atom. The first-order valence-corrected chi connectivity index (χ1v) is 3.51. The number of benzene rings is 1. The highest BCUT2D eigenvalue weighted by atomic mass is 35.5. The zero-order chi connectivity index (χ0) is 7.40. The Morgan fingerprint density at radius 1 is 1.70 bits per heavy atom. The second-order valence-corrected chi connectivity index (χ2v) is 2.46. The number of hydrogen-bond acceptors (Lipinski definition) is 1. The molecule has 0 aliphatic carbocycles. The van der Waals surface area contributed by atoms with Crippen molar-refractivity contribution in [2.75, 3.05) is 7.05 Å². The molecule has 2 heteroatoms. The quantitative estimate of drug-likeness (QED) is 0.686. The Balaban J connectivity index is 2.81. The zero-order valence-electron chi connectivity index (χ0n) is 5.82. The van der Waals surface area contributed by atoms with Crippen LogP contribution in [-0.2, 0) is 6.54 Å². The lowest BCUT2D eigenvalue weighted by atomic mass is 10.2. The van der Waals surface area contributed by atoms with Crippen molar-refractivity contribution in [1.82, 2.24) is 5.32 Å². The van der Waals surface area contributed by atoms with Crippen LogP contribution >= 0.6 is 11.6 Å². The molecule has 10 heavy (non-hydrogen) atoms. The molecule has 0 saturated carbocycles. The van der Waals surface area contributed by atoms with Crippen molar-refractivity contribution in [2.24, 2.45) is 0 Å². The average molecular weight is 155 g/mol. The standard InChI is InChI=1S/C8H9ClN/c1-10-6-7-4-2-3-5-8(7)9/h3-5,10H,6H2,1H3. The van der Waals surface area contributed by atoms with Crippen LogP contribution in [0.25, 0.3) is 0 Å². The molecule has 0 aromatic heterocycles. The van der Waals surface area contributed by atoms with Crippen molar-refractivity contribution in [2.45, 2.75) is 6.54 Å². The molecule has 1 aromatic carbocycles. The zero-order valence-corrected chi connectivity index (χ0v) is 6.57. The van der Waals surface area contributed by atoms with Crippen molar-refractivity contribution < 1.29 is 0 Å². The maximum Gasteiger partial charge on any atom is 0.0451 e. The van der Waals surface area contributed by atoms with E-state index in [1.54, 1.807) is 0 Å². The Bertz CT molecular complexity index is 210. The van der Waals surface area contributed by atoms with Crippen LogP contribution in [0.1, 0.15) is 5.56 Å². The molecule has 1 aromatic rings. The summed E-state index contributed by atoms with van der Waals surface area (Å²) in [6, 6.07) is 8.50. The van der Waals surface area contributed by atoms with Crippen molar-refractivity contribution in [3.05, 3.63) is 34.9 Å². The summed E-state index contributed by atoms with van der Waals surface area (Å²) in [5.41, 5.74) is 1.09. The molecule has 0 amide bonds. The minimum absolute atomic E-state index is 0.799. The maximum atomic E-state index is 5.84. The summed E-state index contributed by atoms with van der Waals surface area (Å²) in [6.45, 7) is 0.802. The van der Waals surface area contributed by atoms with Gasteiger partial charge in [0.25, 0.3) is 0 Å². The van der Waals surface area contributed by atoms with Crippen molar-refractivity contribution in [3.8, 4) is 0 Å². The third kappa shape index (κ3) is 1.72. The van der Waals surface area contributed by atoms with E-state index in [9.17, 15) is 0 Å². The van der Waals surface area contributed by atoms with Crippen LogP contribution in [0.3, 0.4) is 0 Å². The molecule has 0 aliphatic rings. The minimum atomic E-state index is 0.799. The Hall–Kier alpha value is -0.530. The van der Waals surface area contributed by atoms with Crippen LogP contribution in [0.4, 0.5) is 0 Å². The summed E-state index contributed by atoms with van der Waals surface area (Å²) in [5.74, 6) is 0. The van der Waals surface area contributed by atoms with Crippen LogP contribution in [0.2, 0.25) is 5.02 Å². The predicted molar refractivity (Wildman–Crippen MR) is 43.1 cm³/mol. The average Bonchev–Trinajstić information content (AvgIpc) is 1.94. The smallest absolute Gasteiger partial charge is 0.0451 e. The molecule has 53 valence electrons. The predicted octanol–water partition coefficient (Wildman–Crippen LogP) is 1.86. The van der Waals surface area contributed by atoms with Gasteiger partial charge in [-0.3, -0.25) is 0 Å². The van der Waals surface area contributed by atoms with Gasteiger partial charge in [0.2, 0.25) is 0 Å². The number of rotatable bonds is 2. The van der Waals surface area contributed by atoms with E-state index in [0.29, 0.717) is 0 Å². The van der Waals surface area contributed by atoms with Gasteiger partial charge in [-0.05, 0) is 30.8 Å². The van der Waals surface area contributed by atoms with Crippen molar-refractivity contribution in [1.29, 1.82) is 0 Å². The number of nitrogens with one attached hydrogen (secondary N) is 1. The molecular weight excluding hydrogens is 146 g/mol. The Morgan fingerprint density at radius 2 is 2.50 bits per heavy atom. The summed E-state index contributed by atoms with van der Waals surface area (Å²) in [7, 11) is 1.89. The lowest BCUT2D eigenvalue weighted by Gasteiger charge is -2.00. The molecule has 0 aliphatic heterocycles. The molecule has 1 radical (unpaired) electrons. The number of hydrogen-bond donors (Lipinski definition) is 1. The van der Waals surface area contributed by atoms with Gasteiger partial charge >= 0.3 is 0 Å². The van der Waals surface area contributed by atoms with Gasteiger partial charge in [0.05, 0.1) is 0 Å². The van der Waals surface area contributed by atoms with E-state index in [4.69, 9.17) is 11.6 Å². The van der Waals surface area contributed by atoms with Crippen LogP contribution in [0.15, 0.2) is 18.2 Å². The molecule has 0 fully saturated rings. The third-order valence-electron chi connectivity index (χ3n) is 1.26. The maximum absolute atomic E-state index is 5.84. The first kappa shape index (κ1) is 7.58. The molecule has 0 saturated heterocycles. The fraction of sp³-hybridized carbons (Fsp3) is 0.250. The van der Waals surface area contributed by atoms with Gasteiger partial charge in [-0.15, -0.1) is 0 Å². The minimum Gasteiger partial charge on any atom is -0.316 e. The van der Waals surface area contributed by atoms with E-state index in [-0.39, 0.29) is 0 Å². The lowest BCUT2D eigenvalue weighted by Crippen LogP contribution is -2.05. The van der Waals surface area contributed by atoms with Crippen molar-refractivity contribution >= 4 is 11.6 Å². The molecule has 0 heterocycles. The highest BCUT2D eigenvalue weighted by Crippen LogP contribution is 2.13. The highest BCUT2D eigenvalue weighted by Gasteiger charge is 1.94. The van der Waals surface area contributed by atoms with E-state index in [0.717, 1.165) is 17.1 Å². The van der Waals surface area contributed by atoms with Gasteiger partial charge in [0.1, 0.15) is 0 Å². The second kappa shape index (κ2) is 3.59. The topological polar surface area (TPSA) is 12.0 Å². The van der Waals surface area contributed by atoms with Crippen molar-refractivity contribution in [3.63, 3.8) is 0 Å². The summed E-state index contributed by atoms with van der Waals surface area (Å²) in [4.78, 5) is 0. The van der Waals surface area contributed by atoms with E-state index in [1.165, 1.54) is 0 Å². The Labute approximate surface area is 66.0 Å². The summed E-state index contributed by atoms with van der Waals surface area (Å²) in [5, 5.41) is 3.82. The summed E-state index contributed by atoms with van der Waals surface area (Å²) in [6.07, 6.45) is 0. The summed E-state index contributed by atoms with van der Waals surface area (Å²) >= 11 is 5.84. The fourth-order valence-electron chi connectivity index (χ4n) is 0.772. The fourth-order valence-corrected chi connectivity index (χ4v) is 0.956. The first-order valence-electron chi connectivity index (χ1n) is 3.13. The van der Waals surface area contributed by atoms with E-state index < -0.39 is 0 Å². The van der Waals surface area contributed by atoms with E-state index in [2.05, 4.69) is 11.4 Å². The van der Waals surface area contributed by atoms with Gasteiger partial charge in [-0.1, -0.05) is 17.7 Å². The van der Waals surface area contributed by atoms with Gasteiger partial charge in [-0.2, -0.15) is 0 Å². The van der Waals surface area contributed by atoms with E-state index in [1.807, 2.05) is 25.2 Å². The third-order valence-corrected chi connectivity index (χ3v) is 1.63. The molecule has 0 unspecified atom stereocenters. The van der Waals surface area contributed by atoms with Crippen LogP contribution in [-0.4, -0.2) is 7.05 Å². The SMILES string of the molecule is CNCc1c[c]ccc1Cl. The molecular formula is C8H9ClN. The van der Waals surface area contributed by atoms with Crippen LogP contribution < -0.4 is 5.32 Å². The monoisotopic (exact) mass is 154 g/mol. The number of halogens is 1. The first-order chi connectivity index (χ1) is 4.84. The Kier molecular flexibility index (Phi) is 2.72. The van der Waals surface area contributed by atoms with Gasteiger partial charge < -0.3 is 5.32 Å². The summed E-state index contributed by atoms with van der Waals surface area (Å²) < 4.78 is 0. The van der Waals surface area contributed by atoms with E-state index >= 15 is 0 Å². The molecule has 1 N–H and O–H groups in total. The lowest BCUT2D eigenvalue weighted by molar-refractivity contribution is 0.818. The normalized spacial score (nSPS) is 9.80. The van der Waals surface area contributed by atoms with Gasteiger partial charge in [0.15, 0.2) is 0 Å². The van der Waals surface area contributed by atoms with Crippen LogP contribution in [0, 0.1) is 6.07 Å². The molecule has 0 bridgehead atoms. The molecule has 1 rings (SSSR count). The largest absolute Gasteiger partial charge is 0.316 e. The molecule has 1 nitrogen and oxygen atoms in total.